The van der Waals surface area contributed by atoms with Crippen LogP contribution in [0.1, 0.15) is 47.0 Å². The minimum atomic E-state index is 0.276. The molecule has 1 saturated carbocycles. The van der Waals surface area contributed by atoms with E-state index in [4.69, 9.17) is 0 Å². The van der Waals surface area contributed by atoms with Crippen molar-refractivity contribution in [1.29, 1.82) is 0 Å². The van der Waals surface area contributed by atoms with Gasteiger partial charge in [-0.15, -0.1) is 0 Å². The van der Waals surface area contributed by atoms with Crippen molar-refractivity contribution in [1.82, 2.24) is 10.2 Å². The van der Waals surface area contributed by atoms with Crippen LogP contribution in [0.2, 0.25) is 0 Å². The second-order valence-corrected chi connectivity index (χ2v) is 6.92. The maximum absolute atomic E-state index is 3.66. The lowest BCUT2D eigenvalue weighted by molar-refractivity contribution is 0.0753. The maximum Gasteiger partial charge on any atom is 0.0136 e. The van der Waals surface area contributed by atoms with Crippen molar-refractivity contribution in [3.8, 4) is 0 Å². The Kier molecular flexibility index (Phi) is 3.60. The fraction of sp³-hybridized carbons (Fsp3) is 1.00. The second-order valence-electron chi connectivity index (χ2n) is 6.92. The molecule has 0 aromatic rings. The molecule has 1 aliphatic carbocycles. The van der Waals surface area contributed by atoms with E-state index in [-0.39, 0.29) is 5.54 Å². The molecule has 2 nitrogen and oxygen atoms in total. The van der Waals surface area contributed by atoms with E-state index in [1.807, 2.05) is 0 Å². The van der Waals surface area contributed by atoms with Crippen molar-refractivity contribution in [3.05, 3.63) is 0 Å². The van der Waals surface area contributed by atoms with Gasteiger partial charge < -0.3 is 5.32 Å². The number of hydrogen-bond acceptors (Lipinski definition) is 2. The van der Waals surface area contributed by atoms with Crippen LogP contribution in [0.3, 0.4) is 0 Å². The molecule has 16 heavy (non-hydrogen) atoms. The molecule has 2 fully saturated rings. The Hall–Kier alpha value is -0.0800. The number of nitrogens with one attached hydrogen (secondary N) is 1. The van der Waals surface area contributed by atoms with Gasteiger partial charge in [-0.2, -0.15) is 0 Å². The van der Waals surface area contributed by atoms with Gasteiger partial charge in [0.15, 0.2) is 0 Å². The van der Waals surface area contributed by atoms with Gasteiger partial charge in [0.25, 0.3) is 0 Å². The molecular formula is C14H28N2. The van der Waals surface area contributed by atoms with E-state index < -0.39 is 0 Å². The quantitative estimate of drug-likeness (QED) is 0.792. The highest BCUT2D eigenvalue weighted by atomic mass is 15.2. The third-order valence-electron chi connectivity index (χ3n) is 4.20. The van der Waals surface area contributed by atoms with Gasteiger partial charge in [0.05, 0.1) is 0 Å². The highest BCUT2D eigenvalue weighted by Gasteiger charge is 2.37. The summed E-state index contributed by atoms with van der Waals surface area (Å²) in [6.45, 7) is 13.1. The maximum atomic E-state index is 3.66. The third kappa shape index (κ3) is 2.98. The summed E-state index contributed by atoms with van der Waals surface area (Å²) in [5, 5.41) is 3.66. The minimum Gasteiger partial charge on any atom is -0.312 e. The Morgan fingerprint density at radius 3 is 2.38 bits per heavy atom. The van der Waals surface area contributed by atoms with Gasteiger partial charge >= 0.3 is 0 Å². The summed E-state index contributed by atoms with van der Waals surface area (Å²) in [7, 11) is 0. The molecule has 3 unspecified atom stereocenters. The van der Waals surface area contributed by atoms with Crippen LogP contribution in [0.5, 0.6) is 0 Å². The first-order valence-corrected chi connectivity index (χ1v) is 6.95. The summed E-state index contributed by atoms with van der Waals surface area (Å²) >= 11 is 0. The summed E-state index contributed by atoms with van der Waals surface area (Å²) < 4.78 is 0. The van der Waals surface area contributed by atoms with Crippen molar-refractivity contribution < 1.29 is 0 Å². The van der Waals surface area contributed by atoms with E-state index in [1.54, 1.807) is 0 Å². The first-order valence-electron chi connectivity index (χ1n) is 6.95. The SMILES string of the molecule is CC1CCN(C2CCC2CNC(C)(C)C)C1. The van der Waals surface area contributed by atoms with Crippen LogP contribution in [-0.2, 0) is 0 Å². The lowest BCUT2D eigenvalue weighted by Gasteiger charge is -2.44. The lowest BCUT2D eigenvalue weighted by atomic mass is 9.78. The number of nitrogens with zero attached hydrogens (tertiary/aromatic N) is 1. The Bertz CT molecular complexity index is 231. The molecular weight excluding hydrogens is 196 g/mol. The average Bonchev–Trinajstić information content (AvgIpc) is 2.47. The molecule has 0 aromatic heterocycles. The zero-order valence-electron chi connectivity index (χ0n) is 11.4. The number of likely N-dealkylation sites (tertiary alicyclic amines) is 1. The minimum absolute atomic E-state index is 0.276. The molecule has 1 saturated heterocycles. The van der Waals surface area contributed by atoms with E-state index in [2.05, 4.69) is 37.9 Å². The van der Waals surface area contributed by atoms with Gasteiger partial charge in [-0.05, 0) is 65.0 Å². The first-order chi connectivity index (χ1) is 7.46. The molecule has 2 rings (SSSR count). The molecule has 1 N–H and O–H groups in total. The fourth-order valence-corrected chi connectivity index (χ4v) is 2.98. The van der Waals surface area contributed by atoms with Gasteiger partial charge in [-0.25, -0.2) is 0 Å². The van der Waals surface area contributed by atoms with Crippen LogP contribution in [0.4, 0.5) is 0 Å². The van der Waals surface area contributed by atoms with Gasteiger partial charge in [0.2, 0.25) is 0 Å². The van der Waals surface area contributed by atoms with Gasteiger partial charge in [-0.3, -0.25) is 4.90 Å². The van der Waals surface area contributed by atoms with Gasteiger partial charge in [0.1, 0.15) is 0 Å². The highest BCUT2D eigenvalue weighted by molar-refractivity contribution is 4.93. The van der Waals surface area contributed by atoms with Crippen molar-refractivity contribution >= 4 is 0 Å². The summed E-state index contributed by atoms with van der Waals surface area (Å²) in [5.41, 5.74) is 0.276. The van der Waals surface area contributed by atoms with Crippen LogP contribution >= 0.6 is 0 Å². The molecule has 3 atom stereocenters. The van der Waals surface area contributed by atoms with E-state index in [9.17, 15) is 0 Å². The second kappa shape index (κ2) is 4.66. The van der Waals surface area contributed by atoms with Crippen LogP contribution in [0, 0.1) is 11.8 Å². The van der Waals surface area contributed by atoms with E-state index >= 15 is 0 Å². The van der Waals surface area contributed by atoms with E-state index in [1.165, 1.54) is 38.9 Å². The van der Waals surface area contributed by atoms with Crippen molar-refractivity contribution in [2.45, 2.75) is 58.5 Å². The Morgan fingerprint density at radius 1 is 1.19 bits per heavy atom. The largest absolute Gasteiger partial charge is 0.312 e. The molecule has 1 heterocycles. The van der Waals surface area contributed by atoms with Crippen LogP contribution in [0.15, 0.2) is 0 Å². The van der Waals surface area contributed by atoms with E-state index in [0.717, 1.165) is 17.9 Å². The van der Waals surface area contributed by atoms with Crippen LogP contribution < -0.4 is 5.32 Å². The molecule has 0 spiro atoms. The smallest absolute Gasteiger partial charge is 0.0136 e. The number of rotatable bonds is 3. The zero-order chi connectivity index (χ0) is 11.8. The molecule has 94 valence electrons. The van der Waals surface area contributed by atoms with Crippen LogP contribution in [-0.4, -0.2) is 36.1 Å². The van der Waals surface area contributed by atoms with E-state index in [0.29, 0.717) is 0 Å². The standard InChI is InChI=1S/C14H28N2/c1-11-7-8-16(10-11)13-6-5-12(13)9-15-14(2,3)4/h11-13,15H,5-10H2,1-4H3. The molecule has 0 radical (unpaired) electrons. The summed E-state index contributed by atoms with van der Waals surface area (Å²) in [6.07, 6.45) is 4.28. The Labute approximate surface area is 101 Å². The summed E-state index contributed by atoms with van der Waals surface area (Å²) in [6, 6.07) is 0.889. The molecule has 0 aromatic carbocycles. The summed E-state index contributed by atoms with van der Waals surface area (Å²) in [4.78, 5) is 2.74. The monoisotopic (exact) mass is 224 g/mol. The normalized spacial score (nSPS) is 36.4. The fourth-order valence-electron chi connectivity index (χ4n) is 2.98. The number of hydrogen-bond donors (Lipinski definition) is 1. The van der Waals surface area contributed by atoms with Gasteiger partial charge in [-0.1, -0.05) is 6.92 Å². The average molecular weight is 224 g/mol. The van der Waals surface area contributed by atoms with Gasteiger partial charge in [0, 0.05) is 18.1 Å². The van der Waals surface area contributed by atoms with Crippen molar-refractivity contribution in [3.63, 3.8) is 0 Å². The lowest BCUT2D eigenvalue weighted by Crippen LogP contribution is -2.52. The summed E-state index contributed by atoms with van der Waals surface area (Å²) in [5.74, 6) is 1.83. The van der Waals surface area contributed by atoms with Crippen molar-refractivity contribution in [2.75, 3.05) is 19.6 Å². The molecule has 0 amide bonds. The van der Waals surface area contributed by atoms with Crippen LogP contribution in [0.25, 0.3) is 0 Å². The Morgan fingerprint density at radius 2 is 1.94 bits per heavy atom. The predicted octanol–water partition coefficient (Wildman–Crippen LogP) is 2.49. The molecule has 0 bridgehead atoms. The zero-order valence-corrected chi connectivity index (χ0v) is 11.4. The highest BCUT2D eigenvalue weighted by Crippen LogP contribution is 2.35. The topological polar surface area (TPSA) is 15.3 Å². The molecule has 2 heteroatoms. The van der Waals surface area contributed by atoms with Crippen molar-refractivity contribution in [2.24, 2.45) is 11.8 Å². The third-order valence-corrected chi connectivity index (χ3v) is 4.20. The molecule has 2 aliphatic rings. The first kappa shape index (κ1) is 12.4. The predicted molar refractivity (Wildman–Crippen MR) is 69.6 cm³/mol. The molecule has 1 aliphatic heterocycles. The Balaban J connectivity index is 1.76.